The van der Waals surface area contributed by atoms with Gasteiger partial charge in [-0.05, 0) is 25.1 Å². The van der Waals surface area contributed by atoms with Crippen LogP contribution in [0, 0.1) is 6.92 Å². The number of rotatable bonds is 3. The van der Waals surface area contributed by atoms with Gasteiger partial charge < -0.3 is 9.64 Å². The third kappa shape index (κ3) is 2.79. The minimum absolute atomic E-state index is 0.169. The van der Waals surface area contributed by atoms with Crippen LogP contribution in [0.5, 0.6) is 5.75 Å². The number of aryl methyl sites for hydroxylation is 2. The third-order valence-electron chi connectivity index (χ3n) is 5.33. The first-order valence-corrected chi connectivity index (χ1v) is 9.36. The second-order valence-corrected chi connectivity index (χ2v) is 7.24. The Morgan fingerprint density at radius 3 is 2.89 bits per heavy atom. The van der Waals surface area contributed by atoms with E-state index in [2.05, 4.69) is 25.2 Å². The Hall–Kier alpha value is -3.36. The zero-order valence-electron chi connectivity index (χ0n) is 15.8. The van der Waals surface area contributed by atoms with Gasteiger partial charge in [-0.3, -0.25) is 4.68 Å². The smallest absolute Gasteiger partial charge is 0.348 e. The van der Waals surface area contributed by atoms with Gasteiger partial charge in [0.2, 0.25) is 0 Å². The molecular formula is C19H21N7O2. The van der Waals surface area contributed by atoms with E-state index in [0.29, 0.717) is 5.78 Å². The molecule has 1 aliphatic rings. The summed E-state index contributed by atoms with van der Waals surface area (Å²) in [6.45, 7) is 3.66. The quantitative estimate of drug-likeness (QED) is 0.582. The number of anilines is 1. The van der Waals surface area contributed by atoms with Gasteiger partial charge in [0, 0.05) is 50.1 Å². The lowest BCUT2D eigenvalue weighted by Gasteiger charge is -2.33. The highest BCUT2D eigenvalue weighted by atomic mass is 16.5. The molecule has 9 heteroatoms. The number of fused-ring (bicyclic) bond motifs is 2. The average Bonchev–Trinajstić information content (AvgIpc) is 3.25. The summed E-state index contributed by atoms with van der Waals surface area (Å²) in [4.78, 5) is 18.5. The van der Waals surface area contributed by atoms with Crippen molar-refractivity contribution in [2.45, 2.75) is 25.9 Å². The van der Waals surface area contributed by atoms with Crippen LogP contribution in [-0.2, 0) is 7.05 Å². The molecule has 0 atom stereocenters. The maximum Gasteiger partial charge on any atom is 0.348 e. The molecule has 0 radical (unpaired) electrons. The second-order valence-electron chi connectivity index (χ2n) is 7.24. The van der Waals surface area contributed by atoms with Crippen molar-refractivity contribution < 1.29 is 4.74 Å². The van der Waals surface area contributed by atoms with Crippen LogP contribution in [0.25, 0.3) is 16.7 Å². The first-order valence-electron chi connectivity index (χ1n) is 9.36. The van der Waals surface area contributed by atoms with Gasteiger partial charge in [0.05, 0.1) is 11.7 Å². The Balaban J connectivity index is 1.29. The predicted molar refractivity (Wildman–Crippen MR) is 105 cm³/mol. The topological polar surface area (TPSA) is 93.3 Å². The van der Waals surface area contributed by atoms with E-state index < -0.39 is 0 Å². The molecule has 1 fully saturated rings. The highest BCUT2D eigenvalue weighted by molar-refractivity contribution is 5.80. The molecule has 4 aromatic rings. The van der Waals surface area contributed by atoms with Crippen LogP contribution in [-0.4, -0.2) is 48.6 Å². The van der Waals surface area contributed by atoms with Crippen LogP contribution in [0.4, 0.5) is 5.82 Å². The van der Waals surface area contributed by atoms with Crippen LogP contribution >= 0.6 is 0 Å². The van der Waals surface area contributed by atoms with Crippen molar-refractivity contribution in [1.29, 1.82) is 0 Å². The Morgan fingerprint density at radius 2 is 2.07 bits per heavy atom. The van der Waals surface area contributed by atoms with Crippen LogP contribution < -0.4 is 15.3 Å². The first kappa shape index (κ1) is 16.8. The number of nitrogens with zero attached hydrogens (tertiary/aromatic N) is 6. The molecule has 1 aliphatic heterocycles. The largest absolute Gasteiger partial charge is 0.490 e. The molecule has 1 aromatic carbocycles. The van der Waals surface area contributed by atoms with E-state index in [9.17, 15) is 4.79 Å². The van der Waals surface area contributed by atoms with Crippen molar-refractivity contribution in [3.05, 3.63) is 46.6 Å². The summed E-state index contributed by atoms with van der Waals surface area (Å²) < 4.78 is 9.51. The molecule has 0 aliphatic carbocycles. The summed E-state index contributed by atoms with van der Waals surface area (Å²) in [7, 11) is 1.94. The number of aromatic nitrogens is 6. The lowest BCUT2D eigenvalue weighted by Crippen LogP contribution is -2.39. The fourth-order valence-corrected chi connectivity index (χ4v) is 3.84. The van der Waals surface area contributed by atoms with Gasteiger partial charge >= 0.3 is 5.69 Å². The second kappa shape index (κ2) is 6.36. The molecule has 1 saturated heterocycles. The number of nitrogens with one attached hydrogen (secondary N) is 1. The number of hydrogen-bond acceptors (Lipinski definition) is 6. The van der Waals surface area contributed by atoms with Gasteiger partial charge in [-0.2, -0.15) is 10.1 Å². The molecule has 0 saturated carbocycles. The molecule has 0 unspecified atom stereocenters. The molecule has 0 bridgehead atoms. The molecular weight excluding hydrogens is 358 g/mol. The summed E-state index contributed by atoms with van der Waals surface area (Å²) in [6, 6.07) is 6.09. The van der Waals surface area contributed by atoms with E-state index in [0.717, 1.165) is 54.0 Å². The molecule has 9 nitrogen and oxygen atoms in total. The van der Waals surface area contributed by atoms with Crippen LogP contribution in [0.1, 0.15) is 18.4 Å². The van der Waals surface area contributed by atoms with Crippen molar-refractivity contribution >= 4 is 22.5 Å². The van der Waals surface area contributed by atoms with Crippen molar-refractivity contribution in [3.63, 3.8) is 0 Å². The van der Waals surface area contributed by atoms with Crippen molar-refractivity contribution in [2.75, 3.05) is 18.0 Å². The SMILES string of the molecule is Cc1cn2c(=O)[nH]nc2nc1N1CCC(Oc2ccc3c(cnn3C)c2)CC1. The van der Waals surface area contributed by atoms with Crippen molar-refractivity contribution in [1.82, 2.24) is 29.4 Å². The monoisotopic (exact) mass is 379 g/mol. The summed E-state index contributed by atoms with van der Waals surface area (Å²) in [5.41, 5.74) is 1.78. The highest BCUT2D eigenvalue weighted by Crippen LogP contribution is 2.26. The number of H-pyrrole nitrogens is 1. The van der Waals surface area contributed by atoms with E-state index in [-0.39, 0.29) is 11.8 Å². The number of benzene rings is 1. The van der Waals surface area contributed by atoms with Crippen LogP contribution in [0.15, 0.2) is 35.4 Å². The average molecular weight is 379 g/mol. The summed E-state index contributed by atoms with van der Waals surface area (Å²) in [5, 5.41) is 11.8. The lowest BCUT2D eigenvalue weighted by molar-refractivity contribution is 0.171. The summed E-state index contributed by atoms with van der Waals surface area (Å²) in [5.74, 6) is 2.15. The fourth-order valence-electron chi connectivity index (χ4n) is 3.84. The number of aromatic amines is 1. The molecule has 1 N–H and O–H groups in total. The van der Waals surface area contributed by atoms with E-state index in [1.807, 2.05) is 43.0 Å². The minimum Gasteiger partial charge on any atom is -0.490 e. The lowest BCUT2D eigenvalue weighted by atomic mass is 10.1. The zero-order chi connectivity index (χ0) is 19.3. The summed E-state index contributed by atoms with van der Waals surface area (Å²) in [6.07, 6.45) is 5.63. The minimum atomic E-state index is -0.269. The standard InChI is InChI=1S/C19H21N7O2/c1-12-11-26-18(22-23-19(26)27)21-17(12)25-7-5-14(6-8-25)28-15-3-4-16-13(9-15)10-20-24(16)2/h3-4,9-11,14H,5-8H2,1-2H3,(H,23,27). The Kier molecular flexibility index (Phi) is 3.81. The molecule has 4 heterocycles. The van der Waals surface area contributed by atoms with Crippen LogP contribution in [0.2, 0.25) is 0 Å². The predicted octanol–water partition coefficient (Wildman–Crippen LogP) is 1.66. The van der Waals surface area contributed by atoms with E-state index in [1.54, 1.807) is 6.20 Å². The third-order valence-corrected chi connectivity index (χ3v) is 5.33. The first-order chi connectivity index (χ1) is 13.6. The van der Waals surface area contributed by atoms with Gasteiger partial charge in [0.15, 0.2) is 0 Å². The normalized spacial score (nSPS) is 15.6. The molecule has 5 rings (SSSR count). The molecule has 0 amide bonds. The van der Waals surface area contributed by atoms with Gasteiger partial charge in [0.25, 0.3) is 5.78 Å². The molecule has 144 valence electrons. The molecule has 28 heavy (non-hydrogen) atoms. The number of ether oxygens (including phenoxy) is 1. The Bertz CT molecular complexity index is 1210. The molecule has 0 spiro atoms. The van der Waals surface area contributed by atoms with E-state index in [4.69, 9.17) is 4.74 Å². The fraction of sp³-hybridized carbons (Fsp3) is 0.368. The molecule has 3 aromatic heterocycles. The zero-order valence-corrected chi connectivity index (χ0v) is 15.8. The Labute approximate surface area is 160 Å². The van der Waals surface area contributed by atoms with Crippen LogP contribution in [0.3, 0.4) is 0 Å². The number of piperidine rings is 1. The van der Waals surface area contributed by atoms with Gasteiger partial charge in [-0.25, -0.2) is 14.3 Å². The maximum atomic E-state index is 11.7. The Morgan fingerprint density at radius 1 is 1.25 bits per heavy atom. The van der Waals surface area contributed by atoms with Gasteiger partial charge in [-0.1, -0.05) is 0 Å². The van der Waals surface area contributed by atoms with Gasteiger partial charge in [-0.15, -0.1) is 5.10 Å². The highest BCUT2D eigenvalue weighted by Gasteiger charge is 2.23. The van der Waals surface area contributed by atoms with E-state index in [1.165, 1.54) is 4.40 Å². The van der Waals surface area contributed by atoms with Crippen molar-refractivity contribution in [3.8, 4) is 5.75 Å². The van der Waals surface area contributed by atoms with Crippen molar-refractivity contribution in [2.24, 2.45) is 7.05 Å². The van der Waals surface area contributed by atoms with Gasteiger partial charge in [0.1, 0.15) is 17.7 Å². The van der Waals surface area contributed by atoms with E-state index >= 15 is 0 Å². The number of hydrogen-bond donors (Lipinski definition) is 1. The summed E-state index contributed by atoms with van der Waals surface area (Å²) >= 11 is 0. The maximum absolute atomic E-state index is 11.7.